The highest BCUT2D eigenvalue weighted by Gasteiger charge is 2.22. The van der Waals surface area contributed by atoms with E-state index in [1.165, 1.54) is 0 Å². The highest BCUT2D eigenvalue weighted by molar-refractivity contribution is 5.79. The molecule has 0 bridgehead atoms. The zero-order valence-corrected chi connectivity index (χ0v) is 7.42. The van der Waals surface area contributed by atoms with Crippen LogP contribution in [-0.2, 0) is 11.2 Å². The van der Waals surface area contributed by atoms with E-state index in [1.54, 1.807) is 0 Å². The lowest BCUT2D eigenvalue weighted by Gasteiger charge is -2.02. The van der Waals surface area contributed by atoms with E-state index in [4.69, 9.17) is 0 Å². The summed E-state index contributed by atoms with van der Waals surface area (Å²) in [6.45, 7) is 0. The van der Waals surface area contributed by atoms with Gasteiger partial charge in [0.15, 0.2) is 0 Å². The summed E-state index contributed by atoms with van der Waals surface area (Å²) in [5, 5.41) is 2.95. The van der Waals surface area contributed by atoms with Crippen molar-refractivity contribution < 1.29 is 4.79 Å². The average molecular weight is 174 g/mol. The van der Waals surface area contributed by atoms with E-state index in [-0.39, 0.29) is 5.91 Å². The van der Waals surface area contributed by atoms with Crippen molar-refractivity contribution in [2.45, 2.75) is 25.3 Å². The molecule has 0 heterocycles. The zero-order chi connectivity index (χ0) is 9.10. The highest BCUT2D eigenvalue weighted by Crippen LogP contribution is 2.18. The molecule has 0 unspecified atom stereocenters. The highest BCUT2D eigenvalue weighted by atomic mass is 16.1. The monoisotopic (exact) mass is 174 g/mol. The molecule has 67 valence electrons. The minimum absolute atomic E-state index is 0.127. The Bertz CT molecular complexity index is 290. The first-order valence-corrected chi connectivity index (χ1v) is 4.59. The molecule has 1 aromatic rings. The number of benzene rings is 1. The van der Waals surface area contributed by atoms with Crippen molar-refractivity contribution in [1.29, 1.82) is 0 Å². The first kappa shape index (κ1) is 8.30. The van der Waals surface area contributed by atoms with E-state index in [9.17, 15) is 4.79 Å². The van der Waals surface area contributed by atoms with Gasteiger partial charge in [-0.25, -0.2) is 0 Å². The second-order valence-electron chi connectivity index (χ2n) is 3.43. The molecule has 0 aromatic heterocycles. The lowest BCUT2D eigenvalue weighted by atomic mass is 10.1. The SMILES string of the molecule is O=C(Cc1c[c]ccc1)NC1CC1. The fraction of sp³-hybridized carbons (Fsp3) is 0.364. The van der Waals surface area contributed by atoms with E-state index < -0.39 is 0 Å². The molecule has 0 atom stereocenters. The fourth-order valence-corrected chi connectivity index (χ4v) is 1.23. The minimum atomic E-state index is 0.127. The summed E-state index contributed by atoms with van der Waals surface area (Å²) in [6.07, 6.45) is 2.77. The molecular formula is C11H12NO. The van der Waals surface area contributed by atoms with Gasteiger partial charge in [0, 0.05) is 6.04 Å². The molecule has 0 saturated heterocycles. The Morgan fingerprint density at radius 1 is 1.62 bits per heavy atom. The van der Waals surface area contributed by atoms with Gasteiger partial charge in [0.25, 0.3) is 0 Å². The van der Waals surface area contributed by atoms with Gasteiger partial charge in [0.05, 0.1) is 6.42 Å². The van der Waals surface area contributed by atoms with Crippen LogP contribution in [0.5, 0.6) is 0 Å². The summed E-state index contributed by atoms with van der Waals surface area (Å²) in [5.74, 6) is 0.127. The third-order valence-electron chi connectivity index (χ3n) is 2.08. The topological polar surface area (TPSA) is 29.1 Å². The number of carbonyl (C=O) groups excluding carboxylic acids is 1. The number of hydrogen-bond donors (Lipinski definition) is 1. The molecule has 0 aliphatic heterocycles. The molecular weight excluding hydrogens is 162 g/mol. The van der Waals surface area contributed by atoms with E-state index in [1.807, 2.05) is 24.3 Å². The van der Waals surface area contributed by atoms with Gasteiger partial charge < -0.3 is 5.32 Å². The van der Waals surface area contributed by atoms with Crippen LogP contribution >= 0.6 is 0 Å². The number of rotatable bonds is 3. The first-order valence-electron chi connectivity index (χ1n) is 4.59. The summed E-state index contributed by atoms with van der Waals surface area (Å²) in [4.78, 5) is 11.3. The standard InChI is InChI=1S/C11H12NO/c13-11(12-10-6-7-10)8-9-4-2-1-3-5-9/h1-2,4-5,10H,6-8H2,(H,12,13). The molecule has 1 amide bonds. The van der Waals surface area contributed by atoms with Crippen LogP contribution in [0.25, 0.3) is 0 Å². The predicted octanol–water partition coefficient (Wildman–Crippen LogP) is 1.31. The Hall–Kier alpha value is -1.31. The second kappa shape index (κ2) is 3.60. The number of carbonyl (C=O) groups is 1. The molecule has 1 fully saturated rings. The molecule has 1 saturated carbocycles. The minimum Gasteiger partial charge on any atom is -0.353 e. The van der Waals surface area contributed by atoms with Crippen LogP contribution in [-0.4, -0.2) is 11.9 Å². The number of nitrogens with one attached hydrogen (secondary N) is 1. The maximum Gasteiger partial charge on any atom is 0.224 e. The van der Waals surface area contributed by atoms with Crippen LogP contribution in [0.4, 0.5) is 0 Å². The summed E-state index contributed by atoms with van der Waals surface area (Å²) in [5.41, 5.74) is 1.03. The van der Waals surface area contributed by atoms with Gasteiger partial charge in [-0.1, -0.05) is 24.3 Å². The van der Waals surface area contributed by atoms with Crippen LogP contribution in [0.1, 0.15) is 18.4 Å². The Labute approximate surface area is 78.0 Å². The van der Waals surface area contributed by atoms with Gasteiger partial charge in [0.1, 0.15) is 0 Å². The van der Waals surface area contributed by atoms with E-state index >= 15 is 0 Å². The number of amides is 1. The normalized spacial score (nSPS) is 15.4. The van der Waals surface area contributed by atoms with Crippen molar-refractivity contribution in [2.75, 3.05) is 0 Å². The molecule has 2 heteroatoms. The van der Waals surface area contributed by atoms with E-state index in [0.717, 1.165) is 18.4 Å². The molecule has 1 N–H and O–H groups in total. The van der Waals surface area contributed by atoms with Crippen LogP contribution in [0.2, 0.25) is 0 Å². The van der Waals surface area contributed by atoms with Gasteiger partial charge in [-0.05, 0) is 24.5 Å². The molecule has 1 aliphatic carbocycles. The molecule has 1 aliphatic rings. The van der Waals surface area contributed by atoms with Crippen LogP contribution in [0.3, 0.4) is 0 Å². The lowest BCUT2D eigenvalue weighted by molar-refractivity contribution is -0.120. The van der Waals surface area contributed by atoms with Crippen molar-refractivity contribution >= 4 is 5.91 Å². The maximum absolute atomic E-state index is 11.3. The second-order valence-corrected chi connectivity index (χ2v) is 3.43. The third kappa shape index (κ3) is 2.58. The molecule has 2 nitrogen and oxygen atoms in total. The molecule has 1 aromatic carbocycles. The van der Waals surface area contributed by atoms with Crippen LogP contribution in [0, 0.1) is 6.07 Å². The Morgan fingerprint density at radius 2 is 2.46 bits per heavy atom. The van der Waals surface area contributed by atoms with E-state index in [2.05, 4.69) is 11.4 Å². The number of hydrogen-bond acceptors (Lipinski definition) is 1. The largest absolute Gasteiger partial charge is 0.353 e. The van der Waals surface area contributed by atoms with Crippen molar-refractivity contribution in [3.8, 4) is 0 Å². The maximum atomic E-state index is 11.3. The van der Waals surface area contributed by atoms with Crippen LogP contribution in [0.15, 0.2) is 24.3 Å². The van der Waals surface area contributed by atoms with Crippen molar-refractivity contribution in [3.63, 3.8) is 0 Å². The van der Waals surface area contributed by atoms with Crippen molar-refractivity contribution in [3.05, 3.63) is 35.9 Å². The van der Waals surface area contributed by atoms with Gasteiger partial charge in [-0.2, -0.15) is 0 Å². The molecule has 0 spiro atoms. The molecule has 1 radical (unpaired) electrons. The fourth-order valence-electron chi connectivity index (χ4n) is 1.23. The summed E-state index contributed by atoms with van der Waals surface area (Å²) < 4.78 is 0. The Morgan fingerprint density at radius 3 is 3.08 bits per heavy atom. The average Bonchev–Trinajstić information content (AvgIpc) is 2.90. The van der Waals surface area contributed by atoms with Crippen molar-refractivity contribution in [2.24, 2.45) is 0 Å². The molecule has 2 rings (SSSR count). The quantitative estimate of drug-likeness (QED) is 0.735. The van der Waals surface area contributed by atoms with Gasteiger partial charge >= 0.3 is 0 Å². The Balaban J connectivity index is 1.86. The summed E-state index contributed by atoms with van der Waals surface area (Å²) in [6, 6.07) is 11.0. The van der Waals surface area contributed by atoms with Gasteiger partial charge in [-0.15, -0.1) is 0 Å². The first-order chi connectivity index (χ1) is 6.34. The zero-order valence-electron chi connectivity index (χ0n) is 7.42. The lowest BCUT2D eigenvalue weighted by Crippen LogP contribution is -2.26. The smallest absolute Gasteiger partial charge is 0.224 e. The van der Waals surface area contributed by atoms with Crippen molar-refractivity contribution in [1.82, 2.24) is 5.32 Å². The molecule has 13 heavy (non-hydrogen) atoms. The third-order valence-corrected chi connectivity index (χ3v) is 2.08. The predicted molar refractivity (Wildman–Crippen MR) is 50.1 cm³/mol. The van der Waals surface area contributed by atoms with Gasteiger partial charge in [0.2, 0.25) is 5.91 Å². The van der Waals surface area contributed by atoms with E-state index in [0.29, 0.717) is 12.5 Å². The summed E-state index contributed by atoms with van der Waals surface area (Å²) >= 11 is 0. The van der Waals surface area contributed by atoms with Gasteiger partial charge in [-0.3, -0.25) is 4.79 Å². The van der Waals surface area contributed by atoms with Crippen LogP contribution < -0.4 is 5.32 Å². The summed E-state index contributed by atoms with van der Waals surface area (Å²) in [7, 11) is 0. The Kier molecular flexibility index (Phi) is 2.30.